The summed E-state index contributed by atoms with van der Waals surface area (Å²) in [5.41, 5.74) is -0.375. The highest BCUT2D eigenvalue weighted by molar-refractivity contribution is 9.10. The van der Waals surface area contributed by atoms with Crippen LogP contribution in [0.15, 0.2) is 16.6 Å². The zero-order valence-electron chi connectivity index (χ0n) is 8.05. The van der Waals surface area contributed by atoms with Crippen molar-refractivity contribution in [2.24, 2.45) is 0 Å². The van der Waals surface area contributed by atoms with Gasteiger partial charge in [0.15, 0.2) is 11.6 Å². The van der Waals surface area contributed by atoms with Gasteiger partial charge in [0, 0.05) is 7.05 Å². The highest BCUT2D eigenvalue weighted by atomic mass is 79.9. The standard InChI is InChI=1S/C9H8BrF2NO2/c1-13(15-2)9(14)5-3-4-6(10)8(12)7(5)11/h3-4H,1-2H3. The van der Waals surface area contributed by atoms with Crippen LogP contribution in [0, 0.1) is 11.6 Å². The van der Waals surface area contributed by atoms with Gasteiger partial charge in [0.05, 0.1) is 17.1 Å². The number of hydrogen-bond acceptors (Lipinski definition) is 2. The maximum atomic E-state index is 13.3. The van der Waals surface area contributed by atoms with Gasteiger partial charge >= 0.3 is 0 Å². The van der Waals surface area contributed by atoms with E-state index in [4.69, 9.17) is 0 Å². The van der Waals surface area contributed by atoms with Crippen molar-refractivity contribution >= 4 is 21.8 Å². The van der Waals surface area contributed by atoms with E-state index in [2.05, 4.69) is 20.8 Å². The molecule has 0 bridgehead atoms. The van der Waals surface area contributed by atoms with Gasteiger partial charge < -0.3 is 0 Å². The molecule has 3 nitrogen and oxygen atoms in total. The van der Waals surface area contributed by atoms with Crippen LogP contribution in [-0.4, -0.2) is 25.1 Å². The number of amides is 1. The second kappa shape index (κ2) is 4.67. The summed E-state index contributed by atoms with van der Waals surface area (Å²) in [4.78, 5) is 16.0. The topological polar surface area (TPSA) is 29.5 Å². The summed E-state index contributed by atoms with van der Waals surface area (Å²) >= 11 is 2.81. The molecule has 0 aliphatic rings. The Morgan fingerprint density at radius 2 is 2.00 bits per heavy atom. The molecule has 0 saturated heterocycles. The molecule has 0 heterocycles. The molecular weight excluding hydrogens is 272 g/mol. The average molecular weight is 280 g/mol. The molecule has 1 amide bonds. The molecule has 6 heteroatoms. The monoisotopic (exact) mass is 279 g/mol. The fourth-order valence-electron chi connectivity index (χ4n) is 0.944. The minimum atomic E-state index is -1.20. The van der Waals surface area contributed by atoms with Crippen LogP contribution in [-0.2, 0) is 4.84 Å². The molecule has 15 heavy (non-hydrogen) atoms. The zero-order chi connectivity index (χ0) is 11.6. The van der Waals surface area contributed by atoms with Crippen molar-refractivity contribution in [2.75, 3.05) is 14.2 Å². The second-order valence-electron chi connectivity index (χ2n) is 2.71. The summed E-state index contributed by atoms with van der Waals surface area (Å²) in [5, 5.41) is 0.811. The van der Waals surface area contributed by atoms with Crippen molar-refractivity contribution in [2.45, 2.75) is 0 Å². The average Bonchev–Trinajstić information content (AvgIpc) is 2.24. The molecular formula is C9H8BrF2NO2. The molecule has 0 saturated carbocycles. The largest absolute Gasteiger partial charge is 0.280 e. The lowest BCUT2D eigenvalue weighted by Crippen LogP contribution is -2.26. The molecule has 1 aromatic rings. The van der Waals surface area contributed by atoms with E-state index in [1.165, 1.54) is 26.3 Å². The van der Waals surface area contributed by atoms with E-state index in [9.17, 15) is 13.6 Å². The van der Waals surface area contributed by atoms with Crippen molar-refractivity contribution in [3.05, 3.63) is 33.8 Å². The Labute approximate surface area is 93.7 Å². The number of rotatable bonds is 2. The van der Waals surface area contributed by atoms with Crippen LogP contribution in [0.3, 0.4) is 0 Å². The number of hydrogen-bond donors (Lipinski definition) is 0. The Morgan fingerprint density at radius 3 is 2.53 bits per heavy atom. The predicted molar refractivity (Wildman–Crippen MR) is 53.2 cm³/mol. The Kier molecular flexibility index (Phi) is 3.76. The maximum Gasteiger partial charge on any atom is 0.280 e. The van der Waals surface area contributed by atoms with E-state index in [0.29, 0.717) is 0 Å². The lowest BCUT2D eigenvalue weighted by atomic mass is 10.2. The molecule has 0 unspecified atom stereocenters. The van der Waals surface area contributed by atoms with E-state index in [1.807, 2.05) is 0 Å². The molecule has 0 spiro atoms. The molecule has 82 valence electrons. The van der Waals surface area contributed by atoms with Gasteiger partial charge in [-0.1, -0.05) is 0 Å². The minimum absolute atomic E-state index is 0.0309. The van der Waals surface area contributed by atoms with Crippen molar-refractivity contribution < 1.29 is 18.4 Å². The number of carbonyl (C=O) groups is 1. The van der Waals surface area contributed by atoms with E-state index in [1.54, 1.807) is 0 Å². The van der Waals surface area contributed by atoms with Crippen LogP contribution in [0.5, 0.6) is 0 Å². The Bertz CT molecular complexity index is 398. The molecule has 0 atom stereocenters. The highest BCUT2D eigenvalue weighted by Gasteiger charge is 2.20. The number of benzene rings is 1. The van der Waals surface area contributed by atoms with Crippen LogP contribution in [0.2, 0.25) is 0 Å². The van der Waals surface area contributed by atoms with E-state index in [0.717, 1.165) is 5.06 Å². The molecule has 1 aromatic carbocycles. The SMILES string of the molecule is CON(C)C(=O)c1ccc(Br)c(F)c1F. The van der Waals surface area contributed by atoms with E-state index >= 15 is 0 Å². The summed E-state index contributed by atoms with van der Waals surface area (Å²) in [6.45, 7) is 0. The quantitative estimate of drug-likeness (QED) is 0.615. The van der Waals surface area contributed by atoms with Crippen molar-refractivity contribution in [3.8, 4) is 0 Å². The number of carbonyl (C=O) groups excluding carboxylic acids is 1. The van der Waals surface area contributed by atoms with Crippen LogP contribution in [0.4, 0.5) is 8.78 Å². The number of nitrogens with zero attached hydrogens (tertiary/aromatic N) is 1. The van der Waals surface area contributed by atoms with Gasteiger partial charge in [-0.05, 0) is 28.1 Å². The highest BCUT2D eigenvalue weighted by Crippen LogP contribution is 2.21. The van der Waals surface area contributed by atoms with E-state index < -0.39 is 17.5 Å². The fraction of sp³-hybridized carbons (Fsp3) is 0.222. The first kappa shape index (κ1) is 12.1. The summed E-state index contributed by atoms with van der Waals surface area (Å²) in [7, 11) is 2.56. The first-order chi connectivity index (χ1) is 6.99. The maximum absolute atomic E-state index is 13.3. The molecule has 0 radical (unpaired) electrons. The first-order valence-corrected chi connectivity index (χ1v) is 4.74. The number of halogens is 3. The minimum Gasteiger partial charge on any atom is -0.274 e. The summed E-state index contributed by atoms with van der Waals surface area (Å²) in [6, 6.07) is 2.44. The Balaban J connectivity index is 3.16. The third kappa shape index (κ3) is 2.32. The van der Waals surface area contributed by atoms with Crippen LogP contribution in [0.25, 0.3) is 0 Å². The summed E-state index contributed by atoms with van der Waals surface area (Å²) in [6.07, 6.45) is 0. The van der Waals surface area contributed by atoms with Crippen molar-refractivity contribution in [1.82, 2.24) is 5.06 Å². The second-order valence-corrected chi connectivity index (χ2v) is 3.56. The van der Waals surface area contributed by atoms with Crippen molar-refractivity contribution in [3.63, 3.8) is 0 Å². The lowest BCUT2D eigenvalue weighted by molar-refractivity contribution is -0.0759. The Hall–Kier alpha value is -1.01. The normalized spacial score (nSPS) is 10.2. The number of hydroxylamine groups is 2. The van der Waals surface area contributed by atoms with Crippen LogP contribution < -0.4 is 0 Å². The molecule has 0 N–H and O–H groups in total. The van der Waals surface area contributed by atoms with Crippen LogP contribution in [0.1, 0.15) is 10.4 Å². The van der Waals surface area contributed by atoms with Gasteiger partial charge in [0.25, 0.3) is 5.91 Å². The van der Waals surface area contributed by atoms with Gasteiger partial charge in [0.2, 0.25) is 0 Å². The summed E-state index contributed by atoms with van der Waals surface area (Å²) in [5.74, 6) is -3.04. The van der Waals surface area contributed by atoms with Gasteiger partial charge in [-0.2, -0.15) is 0 Å². The Morgan fingerprint density at radius 1 is 1.40 bits per heavy atom. The zero-order valence-corrected chi connectivity index (χ0v) is 9.64. The van der Waals surface area contributed by atoms with Gasteiger partial charge in [-0.3, -0.25) is 9.63 Å². The van der Waals surface area contributed by atoms with Gasteiger partial charge in [-0.15, -0.1) is 0 Å². The smallest absolute Gasteiger partial charge is 0.274 e. The van der Waals surface area contributed by atoms with Crippen molar-refractivity contribution in [1.29, 1.82) is 0 Å². The first-order valence-electron chi connectivity index (χ1n) is 3.94. The molecule has 1 rings (SSSR count). The fourth-order valence-corrected chi connectivity index (χ4v) is 1.25. The third-order valence-corrected chi connectivity index (χ3v) is 2.44. The van der Waals surface area contributed by atoms with E-state index in [-0.39, 0.29) is 10.0 Å². The van der Waals surface area contributed by atoms with Gasteiger partial charge in [0.1, 0.15) is 0 Å². The van der Waals surface area contributed by atoms with Gasteiger partial charge in [-0.25, -0.2) is 13.8 Å². The molecule has 0 aliphatic heterocycles. The third-order valence-electron chi connectivity index (χ3n) is 1.83. The van der Waals surface area contributed by atoms with Crippen LogP contribution >= 0.6 is 15.9 Å². The predicted octanol–water partition coefficient (Wildman–Crippen LogP) is 2.36. The molecule has 0 aromatic heterocycles. The molecule has 0 aliphatic carbocycles. The lowest BCUT2D eigenvalue weighted by Gasteiger charge is -2.14. The molecule has 0 fully saturated rings. The summed E-state index contributed by atoms with van der Waals surface area (Å²) < 4.78 is 26.4.